The van der Waals surface area contributed by atoms with Gasteiger partial charge in [-0.25, -0.2) is 0 Å². The Kier molecular flexibility index (Phi) is 5.48. The van der Waals surface area contributed by atoms with Crippen LogP contribution in [0.3, 0.4) is 0 Å². The van der Waals surface area contributed by atoms with E-state index in [1.807, 2.05) is 0 Å². The highest BCUT2D eigenvalue weighted by Crippen LogP contribution is 2.11. The van der Waals surface area contributed by atoms with Crippen molar-refractivity contribution in [2.45, 2.75) is 26.2 Å². The molecule has 0 aliphatic rings. The van der Waals surface area contributed by atoms with Gasteiger partial charge in [0.05, 0.1) is 0 Å². The molecule has 4 N–H and O–H groups in total. The second-order valence-corrected chi connectivity index (χ2v) is 3.92. The van der Waals surface area contributed by atoms with E-state index in [-0.39, 0.29) is 11.7 Å². The maximum atomic E-state index is 11.8. The van der Waals surface area contributed by atoms with Gasteiger partial charge in [-0.15, -0.1) is 0 Å². The van der Waals surface area contributed by atoms with E-state index < -0.39 is 0 Å². The lowest BCUT2D eigenvalue weighted by Gasteiger charge is -2.05. The average Bonchev–Trinajstić information content (AvgIpc) is 2.63. The molecule has 1 aromatic heterocycles. The molecule has 0 atom stereocenters. The second kappa shape index (κ2) is 6.90. The molecule has 0 bridgehead atoms. The molecule has 1 rings (SSSR count). The van der Waals surface area contributed by atoms with Gasteiger partial charge in [0.2, 0.25) is 0 Å². The van der Waals surface area contributed by atoms with Crippen molar-refractivity contribution < 1.29 is 9.53 Å². The molecular formula is C11H20N4O2. The number of nitrogens with one attached hydrogen (secondary N) is 2. The summed E-state index contributed by atoms with van der Waals surface area (Å²) in [7, 11) is 1.69. The van der Waals surface area contributed by atoms with Crippen LogP contribution in [0.1, 0.15) is 35.3 Å². The van der Waals surface area contributed by atoms with Crippen LogP contribution in [0.25, 0.3) is 0 Å². The molecule has 1 heterocycles. The first kappa shape index (κ1) is 13.5. The maximum absolute atomic E-state index is 11.8. The SMILES string of the molecule is COCCCCCNC(=O)c1c(N)n[nH]c1C. The van der Waals surface area contributed by atoms with Crippen molar-refractivity contribution in [3.05, 3.63) is 11.3 Å². The highest BCUT2D eigenvalue weighted by atomic mass is 16.5. The predicted octanol–water partition coefficient (Wildman–Crippen LogP) is 0.847. The zero-order valence-electron chi connectivity index (χ0n) is 10.4. The van der Waals surface area contributed by atoms with Gasteiger partial charge in [0, 0.05) is 26.0 Å². The number of aryl methyl sites for hydroxylation is 1. The zero-order valence-corrected chi connectivity index (χ0v) is 10.4. The Bertz CT molecular complexity index is 343. The number of rotatable bonds is 7. The number of nitrogens with two attached hydrogens (primary N) is 1. The molecule has 0 fully saturated rings. The summed E-state index contributed by atoms with van der Waals surface area (Å²) in [6.07, 6.45) is 2.99. The Morgan fingerprint density at radius 2 is 2.24 bits per heavy atom. The number of hydrogen-bond acceptors (Lipinski definition) is 4. The molecule has 0 saturated carbocycles. The van der Waals surface area contributed by atoms with Crippen molar-refractivity contribution in [3.63, 3.8) is 0 Å². The van der Waals surface area contributed by atoms with Crippen LogP contribution < -0.4 is 11.1 Å². The Morgan fingerprint density at radius 1 is 1.47 bits per heavy atom. The van der Waals surface area contributed by atoms with Crippen molar-refractivity contribution in [2.75, 3.05) is 26.0 Å². The lowest BCUT2D eigenvalue weighted by Crippen LogP contribution is -2.25. The van der Waals surface area contributed by atoms with Crippen LogP contribution in [0, 0.1) is 6.92 Å². The van der Waals surface area contributed by atoms with Crippen molar-refractivity contribution >= 4 is 11.7 Å². The summed E-state index contributed by atoms with van der Waals surface area (Å²) in [5, 5.41) is 9.29. The van der Waals surface area contributed by atoms with E-state index in [2.05, 4.69) is 15.5 Å². The van der Waals surface area contributed by atoms with Crippen LogP contribution >= 0.6 is 0 Å². The molecule has 1 amide bonds. The lowest BCUT2D eigenvalue weighted by molar-refractivity contribution is 0.0953. The minimum Gasteiger partial charge on any atom is -0.385 e. The van der Waals surface area contributed by atoms with Crippen molar-refractivity contribution in [1.29, 1.82) is 0 Å². The lowest BCUT2D eigenvalue weighted by atomic mass is 10.2. The van der Waals surface area contributed by atoms with E-state index >= 15 is 0 Å². The number of ether oxygens (including phenoxy) is 1. The van der Waals surface area contributed by atoms with Crippen LogP contribution in [-0.4, -0.2) is 36.4 Å². The normalized spacial score (nSPS) is 10.5. The highest BCUT2D eigenvalue weighted by molar-refractivity contribution is 5.99. The van der Waals surface area contributed by atoms with Gasteiger partial charge in [0.1, 0.15) is 5.56 Å². The van der Waals surface area contributed by atoms with Crippen molar-refractivity contribution in [2.24, 2.45) is 0 Å². The molecule has 6 heteroatoms. The van der Waals surface area contributed by atoms with Gasteiger partial charge >= 0.3 is 0 Å². The third kappa shape index (κ3) is 4.07. The van der Waals surface area contributed by atoms with Gasteiger partial charge in [-0.2, -0.15) is 5.10 Å². The monoisotopic (exact) mass is 240 g/mol. The molecule has 0 aromatic carbocycles. The Morgan fingerprint density at radius 3 is 2.82 bits per heavy atom. The molecule has 0 saturated heterocycles. The molecule has 0 aliphatic heterocycles. The number of nitrogen functional groups attached to an aromatic ring is 1. The van der Waals surface area contributed by atoms with Gasteiger partial charge < -0.3 is 15.8 Å². The first-order valence-corrected chi connectivity index (χ1v) is 5.74. The summed E-state index contributed by atoms with van der Waals surface area (Å²) in [6, 6.07) is 0. The molecule has 0 unspecified atom stereocenters. The minimum atomic E-state index is -0.166. The number of amides is 1. The van der Waals surface area contributed by atoms with E-state index in [4.69, 9.17) is 10.5 Å². The molecular weight excluding hydrogens is 220 g/mol. The molecule has 0 aliphatic carbocycles. The van der Waals surface area contributed by atoms with E-state index in [0.717, 1.165) is 25.9 Å². The summed E-state index contributed by atoms with van der Waals surface area (Å²) < 4.78 is 4.94. The number of unbranched alkanes of at least 4 members (excludes halogenated alkanes) is 2. The van der Waals surface area contributed by atoms with Crippen LogP contribution in [0.5, 0.6) is 0 Å². The topological polar surface area (TPSA) is 93.0 Å². The summed E-state index contributed by atoms with van der Waals surface area (Å²) in [4.78, 5) is 11.8. The number of nitrogens with zero attached hydrogens (tertiary/aromatic N) is 1. The van der Waals surface area contributed by atoms with Gasteiger partial charge in [0.25, 0.3) is 5.91 Å². The summed E-state index contributed by atoms with van der Waals surface area (Å²) in [5.74, 6) is 0.0832. The van der Waals surface area contributed by atoms with E-state index in [1.165, 1.54) is 0 Å². The predicted molar refractivity (Wildman–Crippen MR) is 65.8 cm³/mol. The third-order valence-electron chi connectivity index (χ3n) is 2.51. The Balaban J connectivity index is 2.26. The molecule has 0 radical (unpaired) electrons. The first-order chi connectivity index (χ1) is 8.16. The fraction of sp³-hybridized carbons (Fsp3) is 0.636. The van der Waals surface area contributed by atoms with Crippen LogP contribution in [0.15, 0.2) is 0 Å². The molecule has 17 heavy (non-hydrogen) atoms. The molecule has 6 nitrogen and oxygen atoms in total. The van der Waals surface area contributed by atoms with Gasteiger partial charge in [-0.05, 0) is 26.2 Å². The van der Waals surface area contributed by atoms with Crippen molar-refractivity contribution in [1.82, 2.24) is 15.5 Å². The number of H-pyrrole nitrogens is 1. The summed E-state index contributed by atoms with van der Waals surface area (Å²) >= 11 is 0. The fourth-order valence-electron chi connectivity index (χ4n) is 1.57. The van der Waals surface area contributed by atoms with Crippen molar-refractivity contribution in [3.8, 4) is 0 Å². The van der Waals surface area contributed by atoms with E-state index in [0.29, 0.717) is 17.8 Å². The summed E-state index contributed by atoms with van der Waals surface area (Å²) in [5.41, 5.74) is 6.73. The quantitative estimate of drug-likeness (QED) is 0.616. The third-order valence-corrected chi connectivity index (χ3v) is 2.51. The molecule has 0 spiro atoms. The van der Waals surface area contributed by atoms with Crippen LogP contribution in [-0.2, 0) is 4.74 Å². The van der Waals surface area contributed by atoms with Gasteiger partial charge in [0.15, 0.2) is 5.82 Å². The van der Waals surface area contributed by atoms with Crippen LogP contribution in [0.4, 0.5) is 5.82 Å². The number of methoxy groups -OCH3 is 1. The standard InChI is InChI=1S/C11H20N4O2/c1-8-9(10(12)15-14-8)11(16)13-6-4-3-5-7-17-2/h3-7H2,1-2H3,(H,13,16)(H3,12,14,15). The Hall–Kier alpha value is -1.56. The number of carbonyl (C=O) groups is 1. The van der Waals surface area contributed by atoms with Crippen LogP contribution in [0.2, 0.25) is 0 Å². The largest absolute Gasteiger partial charge is 0.385 e. The van der Waals surface area contributed by atoms with E-state index in [9.17, 15) is 4.79 Å². The smallest absolute Gasteiger partial charge is 0.256 e. The number of carbonyl (C=O) groups excluding carboxylic acids is 1. The maximum Gasteiger partial charge on any atom is 0.256 e. The number of anilines is 1. The first-order valence-electron chi connectivity index (χ1n) is 5.74. The Labute approximate surface area is 101 Å². The molecule has 96 valence electrons. The van der Waals surface area contributed by atoms with Gasteiger partial charge in [-0.1, -0.05) is 0 Å². The average molecular weight is 240 g/mol. The number of aromatic nitrogens is 2. The molecule has 1 aromatic rings. The van der Waals surface area contributed by atoms with E-state index in [1.54, 1.807) is 14.0 Å². The number of hydrogen-bond donors (Lipinski definition) is 3. The fourth-order valence-corrected chi connectivity index (χ4v) is 1.57. The van der Waals surface area contributed by atoms with Gasteiger partial charge in [-0.3, -0.25) is 9.89 Å². The minimum absolute atomic E-state index is 0.166. The highest BCUT2D eigenvalue weighted by Gasteiger charge is 2.14. The second-order valence-electron chi connectivity index (χ2n) is 3.92. The summed E-state index contributed by atoms with van der Waals surface area (Å²) in [6.45, 7) is 3.19. The number of aromatic amines is 1. The zero-order chi connectivity index (χ0) is 12.7.